The average Bonchev–Trinajstić information content (AvgIpc) is 3.02. The van der Waals surface area contributed by atoms with Gasteiger partial charge in [-0.3, -0.25) is 10.1 Å². The van der Waals surface area contributed by atoms with Crippen LogP contribution in [0.15, 0.2) is 41.0 Å². The van der Waals surface area contributed by atoms with Crippen molar-refractivity contribution in [2.75, 3.05) is 12.4 Å². The van der Waals surface area contributed by atoms with Gasteiger partial charge in [-0.2, -0.15) is 0 Å². The number of carbonyl (C=O) groups excluding carboxylic acids is 1. The molecule has 0 saturated heterocycles. The quantitative estimate of drug-likeness (QED) is 0.443. The summed E-state index contributed by atoms with van der Waals surface area (Å²) in [5.74, 6) is -0.556. The number of nitro groups is 1. The van der Waals surface area contributed by atoms with Crippen LogP contribution in [0.4, 0.5) is 17.1 Å². The first-order valence-electron chi connectivity index (χ1n) is 6.46. The monoisotopic (exact) mass is 314 g/mol. The molecule has 0 radical (unpaired) electrons. The van der Waals surface area contributed by atoms with Gasteiger partial charge in [-0.25, -0.2) is 9.42 Å². The second-order valence-electron chi connectivity index (χ2n) is 4.51. The van der Waals surface area contributed by atoms with Crippen LogP contribution in [0.25, 0.3) is 11.0 Å². The summed E-state index contributed by atoms with van der Waals surface area (Å²) in [4.78, 5) is 22.6. The molecular formula is C14H10N4O5. The van der Waals surface area contributed by atoms with E-state index in [-0.39, 0.29) is 28.0 Å². The predicted octanol–water partition coefficient (Wildman–Crippen LogP) is 2.66. The summed E-state index contributed by atoms with van der Waals surface area (Å²) in [5, 5.41) is 21.4. The number of nitro benzene ring substituents is 1. The smallest absolute Gasteiger partial charge is 0.339 e. The van der Waals surface area contributed by atoms with Crippen LogP contribution in [0.1, 0.15) is 10.4 Å². The molecule has 0 unspecified atom stereocenters. The Morgan fingerprint density at radius 2 is 2.00 bits per heavy atom. The van der Waals surface area contributed by atoms with Crippen molar-refractivity contribution in [3.8, 4) is 0 Å². The molecule has 0 saturated carbocycles. The first-order valence-corrected chi connectivity index (χ1v) is 6.46. The van der Waals surface area contributed by atoms with E-state index < -0.39 is 10.9 Å². The molecule has 23 heavy (non-hydrogen) atoms. The molecule has 0 aliphatic rings. The largest absolute Gasteiger partial charge is 0.465 e. The highest BCUT2D eigenvalue weighted by Gasteiger charge is 2.23. The van der Waals surface area contributed by atoms with E-state index in [1.807, 2.05) is 0 Å². The summed E-state index contributed by atoms with van der Waals surface area (Å²) in [6, 6.07) is 9.52. The third-order valence-electron chi connectivity index (χ3n) is 3.19. The molecule has 3 rings (SSSR count). The predicted molar refractivity (Wildman–Crippen MR) is 79.5 cm³/mol. The summed E-state index contributed by atoms with van der Waals surface area (Å²) in [7, 11) is 1.26. The lowest BCUT2D eigenvalue weighted by Crippen LogP contribution is -2.06. The Bertz CT molecular complexity index is 905. The zero-order valence-corrected chi connectivity index (χ0v) is 11.8. The van der Waals surface area contributed by atoms with Gasteiger partial charge in [0.2, 0.25) is 5.52 Å². The third kappa shape index (κ3) is 2.55. The number of nitrogens with one attached hydrogen (secondary N) is 1. The molecule has 2 aromatic carbocycles. The van der Waals surface area contributed by atoms with E-state index in [1.165, 1.54) is 19.2 Å². The minimum atomic E-state index is -0.588. The lowest BCUT2D eigenvalue weighted by molar-refractivity contribution is -0.382. The second kappa shape index (κ2) is 5.72. The van der Waals surface area contributed by atoms with Crippen LogP contribution in [0.5, 0.6) is 0 Å². The van der Waals surface area contributed by atoms with Gasteiger partial charge < -0.3 is 10.1 Å². The van der Waals surface area contributed by atoms with Gasteiger partial charge in [0, 0.05) is 0 Å². The Labute approximate surface area is 129 Å². The molecule has 116 valence electrons. The van der Waals surface area contributed by atoms with Crippen LogP contribution in [0.2, 0.25) is 0 Å². The van der Waals surface area contributed by atoms with Crippen LogP contribution < -0.4 is 5.32 Å². The summed E-state index contributed by atoms with van der Waals surface area (Å²) >= 11 is 0. The topological polar surface area (TPSA) is 120 Å². The van der Waals surface area contributed by atoms with Crippen molar-refractivity contribution in [2.24, 2.45) is 0 Å². The van der Waals surface area contributed by atoms with E-state index >= 15 is 0 Å². The van der Waals surface area contributed by atoms with Gasteiger partial charge >= 0.3 is 11.7 Å². The van der Waals surface area contributed by atoms with Crippen molar-refractivity contribution in [2.45, 2.75) is 0 Å². The summed E-state index contributed by atoms with van der Waals surface area (Å²) < 4.78 is 9.23. The van der Waals surface area contributed by atoms with Crippen LogP contribution >= 0.6 is 0 Å². The van der Waals surface area contributed by atoms with E-state index in [9.17, 15) is 14.9 Å². The van der Waals surface area contributed by atoms with Gasteiger partial charge in [-0.05, 0) is 34.6 Å². The maximum Gasteiger partial charge on any atom is 0.339 e. The van der Waals surface area contributed by atoms with Gasteiger partial charge in [0.05, 0.1) is 23.3 Å². The number of hydrogen-bond acceptors (Lipinski definition) is 8. The number of anilines is 2. The van der Waals surface area contributed by atoms with Gasteiger partial charge in [0.15, 0.2) is 0 Å². The molecular weight excluding hydrogens is 304 g/mol. The van der Waals surface area contributed by atoms with Crippen molar-refractivity contribution in [3.05, 3.63) is 52.1 Å². The molecule has 9 nitrogen and oxygen atoms in total. The number of nitrogens with zero attached hydrogens (tertiary/aromatic N) is 3. The number of aromatic nitrogens is 2. The molecule has 0 fully saturated rings. The standard InChI is InChI=1S/C14H10N4O5/c1-22-14(19)8-4-2-3-5-9(8)15-11-7-6-10-12(17-23-16-10)13(11)18(20)21/h2-7,15H,1H3. The van der Waals surface area contributed by atoms with Crippen molar-refractivity contribution < 1.29 is 19.1 Å². The van der Waals surface area contributed by atoms with Gasteiger partial charge in [-0.15, -0.1) is 0 Å². The first-order chi connectivity index (χ1) is 11.1. The third-order valence-corrected chi connectivity index (χ3v) is 3.19. The van der Waals surface area contributed by atoms with E-state index in [4.69, 9.17) is 4.74 Å². The SMILES string of the molecule is COC(=O)c1ccccc1Nc1ccc2nonc2c1[N+](=O)[O-]. The molecule has 9 heteroatoms. The molecule has 3 aromatic rings. The number of ether oxygens (including phenoxy) is 1. The molecule has 0 atom stereocenters. The molecule has 0 amide bonds. The molecule has 1 N–H and O–H groups in total. The highest BCUT2D eigenvalue weighted by molar-refractivity contribution is 5.98. The van der Waals surface area contributed by atoms with E-state index in [1.54, 1.807) is 24.3 Å². The number of fused-ring (bicyclic) bond motifs is 1. The molecule has 0 aliphatic heterocycles. The lowest BCUT2D eigenvalue weighted by Gasteiger charge is -2.10. The van der Waals surface area contributed by atoms with E-state index in [2.05, 4.69) is 20.3 Å². The minimum absolute atomic E-state index is 0.0237. The number of benzene rings is 2. The Morgan fingerprint density at radius 1 is 1.22 bits per heavy atom. The zero-order chi connectivity index (χ0) is 16.4. The van der Waals surface area contributed by atoms with Gasteiger partial charge in [0.25, 0.3) is 0 Å². The summed E-state index contributed by atoms with van der Waals surface area (Å²) in [5.41, 5.74) is 0.790. The molecule has 1 heterocycles. The zero-order valence-electron chi connectivity index (χ0n) is 11.8. The maximum absolute atomic E-state index is 11.8. The van der Waals surface area contributed by atoms with Gasteiger partial charge in [-0.1, -0.05) is 12.1 Å². The number of esters is 1. The molecule has 1 aromatic heterocycles. The van der Waals surface area contributed by atoms with E-state index in [0.717, 1.165) is 0 Å². The van der Waals surface area contributed by atoms with Crippen molar-refractivity contribution in [3.63, 3.8) is 0 Å². The number of carbonyl (C=O) groups is 1. The fourth-order valence-corrected chi connectivity index (χ4v) is 2.15. The van der Waals surface area contributed by atoms with Crippen LogP contribution in [-0.2, 0) is 4.74 Å². The Morgan fingerprint density at radius 3 is 2.74 bits per heavy atom. The normalized spacial score (nSPS) is 10.5. The number of hydrogen-bond donors (Lipinski definition) is 1. The van der Waals surface area contributed by atoms with E-state index in [0.29, 0.717) is 5.69 Å². The summed E-state index contributed by atoms with van der Waals surface area (Å²) in [6.07, 6.45) is 0. The number of methoxy groups -OCH3 is 1. The fourth-order valence-electron chi connectivity index (χ4n) is 2.15. The molecule has 0 aliphatic carbocycles. The molecule has 0 spiro atoms. The second-order valence-corrected chi connectivity index (χ2v) is 4.51. The minimum Gasteiger partial charge on any atom is -0.465 e. The van der Waals surface area contributed by atoms with Gasteiger partial charge in [0.1, 0.15) is 11.2 Å². The van der Waals surface area contributed by atoms with Crippen LogP contribution in [-0.4, -0.2) is 28.3 Å². The van der Waals surface area contributed by atoms with Crippen molar-refractivity contribution in [1.82, 2.24) is 10.3 Å². The molecule has 0 bridgehead atoms. The fraction of sp³-hybridized carbons (Fsp3) is 0.0714. The Hall–Kier alpha value is -3.49. The van der Waals surface area contributed by atoms with Crippen LogP contribution in [0, 0.1) is 10.1 Å². The first kappa shape index (κ1) is 14.4. The summed E-state index contributed by atoms with van der Waals surface area (Å²) in [6.45, 7) is 0. The van der Waals surface area contributed by atoms with Crippen molar-refractivity contribution in [1.29, 1.82) is 0 Å². The Balaban J connectivity index is 2.11. The number of rotatable bonds is 4. The lowest BCUT2D eigenvalue weighted by atomic mass is 10.1. The highest BCUT2D eigenvalue weighted by atomic mass is 16.6. The van der Waals surface area contributed by atoms with Crippen molar-refractivity contribution >= 4 is 34.1 Å². The highest BCUT2D eigenvalue weighted by Crippen LogP contribution is 2.34. The van der Waals surface area contributed by atoms with Crippen LogP contribution in [0.3, 0.4) is 0 Å². The Kier molecular flexibility index (Phi) is 3.59. The average molecular weight is 314 g/mol. The maximum atomic E-state index is 11.8. The number of para-hydroxylation sites is 1.